The van der Waals surface area contributed by atoms with Crippen molar-refractivity contribution < 1.29 is 28.7 Å². The molecule has 2 rings (SSSR count). The summed E-state index contributed by atoms with van der Waals surface area (Å²) in [5.41, 5.74) is 0.849. The van der Waals surface area contributed by atoms with Crippen molar-refractivity contribution in [3.63, 3.8) is 0 Å². The van der Waals surface area contributed by atoms with Gasteiger partial charge in [0.05, 0.1) is 11.6 Å². The lowest BCUT2D eigenvalue weighted by molar-refractivity contribution is -0.139. The molecular formula is C18H20ClN3O6. The molecule has 1 unspecified atom stereocenters. The SMILES string of the molecule is CCOC(=O)NN(C(=O)OC(=O)CN1C=CCC=C1)C1(C)C=CC(=O)C(Cl)=C1. The second kappa shape index (κ2) is 9.23. The number of hydrogen-bond acceptors (Lipinski definition) is 7. The van der Waals surface area contributed by atoms with Crippen LogP contribution in [0.2, 0.25) is 0 Å². The number of carbonyl (C=O) groups excluding carboxylic acids is 4. The number of nitrogens with one attached hydrogen (secondary N) is 1. The van der Waals surface area contributed by atoms with Gasteiger partial charge in [0.15, 0.2) is 5.78 Å². The number of nitrogens with zero attached hydrogens (tertiary/aromatic N) is 2. The Morgan fingerprint density at radius 3 is 2.61 bits per heavy atom. The van der Waals surface area contributed by atoms with E-state index < -0.39 is 29.5 Å². The molecule has 1 N–H and O–H groups in total. The van der Waals surface area contributed by atoms with Crippen molar-refractivity contribution in [2.24, 2.45) is 0 Å². The maximum atomic E-state index is 12.6. The summed E-state index contributed by atoms with van der Waals surface area (Å²) < 4.78 is 9.63. The van der Waals surface area contributed by atoms with E-state index in [9.17, 15) is 19.2 Å². The monoisotopic (exact) mass is 409 g/mol. The maximum absolute atomic E-state index is 12.6. The number of amides is 2. The first kappa shape index (κ1) is 21.2. The minimum Gasteiger partial charge on any atom is -0.449 e. The Bertz CT molecular complexity index is 776. The van der Waals surface area contributed by atoms with Gasteiger partial charge in [-0.2, -0.15) is 0 Å². The van der Waals surface area contributed by atoms with E-state index in [2.05, 4.69) is 5.43 Å². The summed E-state index contributed by atoms with van der Waals surface area (Å²) in [5, 5.41) is 0.583. The van der Waals surface area contributed by atoms with Gasteiger partial charge in [-0.05, 0) is 38.5 Å². The highest BCUT2D eigenvalue weighted by atomic mass is 35.5. The Kier molecular flexibility index (Phi) is 7.00. The van der Waals surface area contributed by atoms with E-state index >= 15 is 0 Å². The number of ketones is 1. The van der Waals surface area contributed by atoms with Crippen LogP contribution in [0.4, 0.5) is 9.59 Å². The number of hydrazine groups is 1. The Hall–Kier alpha value is -3.07. The standard InChI is InChI=1S/C18H20ClN3O6/c1-3-27-16(25)20-22(18(2)8-7-14(23)13(19)11-18)17(26)28-15(24)12-21-9-5-4-6-10-21/h5-11H,3-4,12H2,1-2H3,(H,20,25). The lowest BCUT2D eigenvalue weighted by Crippen LogP contribution is -2.58. The summed E-state index contributed by atoms with van der Waals surface area (Å²) in [5.74, 6) is -1.30. The zero-order chi connectivity index (χ0) is 20.7. The number of hydrogen-bond donors (Lipinski definition) is 1. The zero-order valence-corrected chi connectivity index (χ0v) is 16.1. The Morgan fingerprint density at radius 2 is 2.00 bits per heavy atom. The van der Waals surface area contributed by atoms with Gasteiger partial charge in [0, 0.05) is 12.4 Å². The van der Waals surface area contributed by atoms with Gasteiger partial charge in [0.2, 0.25) is 0 Å². The van der Waals surface area contributed by atoms with Crippen molar-refractivity contribution in [3.8, 4) is 0 Å². The van der Waals surface area contributed by atoms with Crippen molar-refractivity contribution in [1.29, 1.82) is 0 Å². The van der Waals surface area contributed by atoms with Gasteiger partial charge in [0.25, 0.3) is 0 Å². The average molecular weight is 410 g/mol. The summed E-state index contributed by atoms with van der Waals surface area (Å²) >= 11 is 5.88. The van der Waals surface area contributed by atoms with E-state index in [1.54, 1.807) is 24.2 Å². The number of allylic oxidation sites excluding steroid dienone is 4. The van der Waals surface area contributed by atoms with Gasteiger partial charge in [-0.3, -0.25) is 4.79 Å². The third-order valence-corrected chi connectivity index (χ3v) is 4.04. The molecule has 0 saturated heterocycles. The molecule has 0 fully saturated rings. The van der Waals surface area contributed by atoms with Gasteiger partial charge >= 0.3 is 18.2 Å². The van der Waals surface area contributed by atoms with Gasteiger partial charge < -0.3 is 14.4 Å². The van der Waals surface area contributed by atoms with E-state index in [1.165, 1.54) is 19.1 Å². The summed E-state index contributed by atoms with van der Waals surface area (Å²) in [6.45, 7) is 2.94. The smallest absolute Gasteiger partial charge is 0.437 e. The normalized spacial score (nSPS) is 20.5. The zero-order valence-electron chi connectivity index (χ0n) is 15.4. The fourth-order valence-corrected chi connectivity index (χ4v) is 2.69. The Balaban J connectivity index is 2.16. The molecule has 0 radical (unpaired) electrons. The van der Waals surface area contributed by atoms with Crippen molar-refractivity contribution in [2.75, 3.05) is 13.2 Å². The highest BCUT2D eigenvalue weighted by Crippen LogP contribution is 2.26. The van der Waals surface area contributed by atoms with Crippen LogP contribution in [-0.2, 0) is 19.1 Å². The van der Waals surface area contributed by atoms with Crippen molar-refractivity contribution in [3.05, 3.63) is 47.8 Å². The fourth-order valence-electron chi connectivity index (χ4n) is 2.41. The number of ether oxygens (including phenoxy) is 2. The molecule has 0 saturated carbocycles. The van der Waals surface area contributed by atoms with Crippen LogP contribution in [0.15, 0.2) is 47.8 Å². The van der Waals surface area contributed by atoms with Crippen LogP contribution in [-0.4, -0.2) is 52.5 Å². The van der Waals surface area contributed by atoms with Crippen LogP contribution in [0.25, 0.3) is 0 Å². The molecule has 1 atom stereocenters. The molecule has 2 amide bonds. The Morgan fingerprint density at radius 1 is 1.32 bits per heavy atom. The summed E-state index contributed by atoms with van der Waals surface area (Å²) in [4.78, 5) is 49.7. The van der Waals surface area contributed by atoms with Crippen LogP contribution in [0.3, 0.4) is 0 Å². The highest BCUT2D eigenvalue weighted by Gasteiger charge is 2.38. The van der Waals surface area contributed by atoms with Crippen molar-refractivity contribution in [2.45, 2.75) is 25.8 Å². The van der Waals surface area contributed by atoms with Crippen LogP contribution >= 0.6 is 11.6 Å². The molecule has 10 heteroatoms. The highest BCUT2D eigenvalue weighted by molar-refractivity contribution is 6.44. The lowest BCUT2D eigenvalue weighted by Gasteiger charge is -2.36. The van der Waals surface area contributed by atoms with Crippen LogP contribution < -0.4 is 5.43 Å². The van der Waals surface area contributed by atoms with E-state index in [4.69, 9.17) is 21.1 Å². The molecule has 1 aliphatic carbocycles. The molecule has 9 nitrogen and oxygen atoms in total. The van der Waals surface area contributed by atoms with Crippen LogP contribution in [0.5, 0.6) is 0 Å². The number of rotatable bonds is 4. The molecular weight excluding hydrogens is 390 g/mol. The van der Waals surface area contributed by atoms with Crippen LogP contribution in [0, 0.1) is 0 Å². The predicted octanol–water partition coefficient (Wildman–Crippen LogP) is 2.37. The van der Waals surface area contributed by atoms with Crippen LogP contribution in [0.1, 0.15) is 20.3 Å². The maximum Gasteiger partial charge on any atom is 0.437 e. The second-order valence-corrected chi connectivity index (χ2v) is 6.41. The predicted molar refractivity (Wildman–Crippen MR) is 99.6 cm³/mol. The lowest BCUT2D eigenvalue weighted by atomic mass is 9.95. The molecule has 150 valence electrons. The average Bonchev–Trinajstić information content (AvgIpc) is 2.64. The molecule has 0 spiro atoms. The topological polar surface area (TPSA) is 105 Å². The van der Waals surface area contributed by atoms with Gasteiger partial charge in [0.1, 0.15) is 12.1 Å². The first-order valence-corrected chi connectivity index (χ1v) is 8.82. The first-order valence-electron chi connectivity index (χ1n) is 8.44. The molecule has 0 aromatic carbocycles. The minimum atomic E-state index is -1.36. The Labute approximate surface area is 166 Å². The molecule has 28 heavy (non-hydrogen) atoms. The van der Waals surface area contributed by atoms with Crippen molar-refractivity contribution >= 4 is 35.5 Å². The molecule has 1 heterocycles. The van der Waals surface area contributed by atoms with Gasteiger partial charge in [-0.1, -0.05) is 23.8 Å². The summed E-state index contributed by atoms with van der Waals surface area (Å²) in [6, 6.07) is 0. The molecule has 0 aromatic rings. The number of carbonyl (C=O) groups is 4. The fraction of sp³-hybridized carbons (Fsp3) is 0.333. The minimum absolute atomic E-state index is 0.0584. The first-order chi connectivity index (χ1) is 13.2. The molecule has 1 aliphatic heterocycles. The summed E-state index contributed by atoms with van der Waals surface area (Å²) in [6.07, 6.45) is 9.43. The van der Waals surface area contributed by atoms with E-state index in [0.29, 0.717) is 0 Å². The third-order valence-electron chi connectivity index (χ3n) is 3.75. The molecule has 2 aliphatic rings. The number of halogens is 1. The van der Waals surface area contributed by atoms with Gasteiger partial charge in [-0.15, -0.1) is 0 Å². The van der Waals surface area contributed by atoms with E-state index in [0.717, 1.165) is 17.5 Å². The quantitative estimate of drug-likeness (QED) is 0.431. The molecule has 0 aromatic heterocycles. The summed E-state index contributed by atoms with van der Waals surface area (Å²) in [7, 11) is 0. The number of esters is 1. The van der Waals surface area contributed by atoms with Gasteiger partial charge in [-0.25, -0.2) is 24.8 Å². The molecule has 0 bridgehead atoms. The largest absolute Gasteiger partial charge is 0.449 e. The second-order valence-electron chi connectivity index (χ2n) is 6.00. The van der Waals surface area contributed by atoms with E-state index in [1.807, 2.05) is 12.2 Å². The third kappa shape index (κ3) is 5.46. The van der Waals surface area contributed by atoms with E-state index in [-0.39, 0.29) is 18.2 Å². The van der Waals surface area contributed by atoms with Crippen molar-refractivity contribution in [1.82, 2.24) is 15.3 Å².